The lowest BCUT2D eigenvalue weighted by molar-refractivity contribution is -0.122. The van der Waals surface area contributed by atoms with Crippen molar-refractivity contribution in [3.05, 3.63) is 0 Å². The number of likely N-dealkylation sites (N-methyl/N-ethyl adjacent to an activating group) is 1. The number of rotatable bonds is 6. The zero-order valence-corrected chi connectivity index (χ0v) is 13.6. The highest BCUT2D eigenvalue weighted by Crippen LogP contribution is 2.32. The smallest absolute Gasteiger partial charge is 0.240 e. The van der Waals surface area contributed by atoms with Crippen molar-refractivity contribution in [1.29, 1.82) is 0 Å². The molecule has 5 heteroatoms. The van der Waals surface area contributed by atoms with Crippen LogP contribution in [0.2, 0.25) is 0 Å². The molecule has 0 atom stereocenters. The maximum Gasteiger partial charge on any atom is 0.240 e. The van der Waals surface area contributed by atoms with E-state index in [2.05, 4.69) is 15.6 Å². The molecule has 1 rings (SSSR count). The molecule has 0 heterocycles. The van der Waals surface area contributed by atoms with Gasteiger partial charge >= 0.3 is 0 Å². The number of amides is 1. The fourth-order valence-corrected chi connectivity index (χ4v) is 1.98. The number of aliphatic imine (C=N–C) groups is 1. The molecular formula is C15H30N4O. The summed E-state index contributed by atoms with van der Waals surface area (Å²) in [6.07, 6.45) is 3.88. The average Bonchev–Trinajstić information content (AvgIpc) is 3.09. The van der Waals surface area contributed by atoms with Gasteiger partial charge in [-0.1, -0.05) is 12.8 Å². The van der Waals surface area contributed by atoms with E-state index in [4.69, 9.17) is 0 Å². The molecule has 1 aliphatic carbocycles. The van der Waals surface area contributed by atoms with Crippen LogP contribution in [0, 0.1) is 5.92 Å². The molecule has 2 N–H and O–H groups in total. The van der Waals surface area contributed by atoms with Crippen LogP contribution >= 0.6 is 0 Å². The highest BCUT2D eigenvalue weighted by atomic mass is 16.2. The van der Waals surface area contributed by atoms with Crippen LogP contribution in [-0.2, 0) is 4.79 Å². The van der Waals surface area contributed by atoms with Crippen LogP contribution in [0.3, 0.4) is 0 Å². The van der Waals surface area contributed by atoms with Gasteiger partial charge in [-0.05, 0) is 40.0 Å². The predicted octanol–water partition coefficient (Wildman–Crippen LogP) is 1.60. The van der Waals surface area contributed by atoms with E-state index in [0.717, 1.165) is 31.4 Å². The monoisotopic (exact) mass is 282 g/mol. The third-order valence-corrected chi connectivity index (χ3v) is 3.09. The lowest BCUT2D eigenvalue weighted by Crippen LogP contribution is -2.48. The summed E-state index contributed by atoms with van der Waals surface area (Å²) in [4.78, 5) is 18.4. The van der Waals surface area contributed by atoms with Gasteiger partial charge in [0, 0.05) is 25.7 Å². The number of nitrogens with one attached hydrogen (secondary N) is 2. The molecule has 1 fully saturated rings. The van der Waals surface area contributed by atoms with Crippen molar-refractivity contribution in [2.75, 3.05) is 26.7 Å². The molecule has 0 aromatic heterocycles. The van der Waals surface area contributed by atoms with E-state index in [1.165, 1.54) is 12.8 Å². The van der Waals surface area contributed by atoms with Crippen molar-refractivity contribution < 1.29 is 4.79 Å². The second kappa shape index (κ2) is 7.50. The summed E-state index contributed by atoms with van der Waals surface area (Å²) in [5.74, 6) is 1.72. The maximum absolute atomic E-state index is 11.9. The third kappa shape index (κ3) is 7.36. The predicted molar refractivity (Wildman–Crippen MR) is 83.8 cm³/mol. The minimum absolute atomic E-state index is 0.0211. The molecule has 0 radical (unpaired) electrons. The van der Waals surface area contributed by atoms with Gasteiger partial charge in [0.15, 0.2) is 5.96 Å². The van der Waals surface area contributed by atoms with Gasteiger partial charge in [0.25, 0.3) is 0 Å². The average molecular weight is 282 g/mol. The number of hydrogen-bond donors (Lipinski definition) is 2. The molecule has 0 aromatic carbocycles. The number of nitrogens with zero attached hydrogens (tertiary/aromatic N) is 2. The van der Waals surface area contributed by atoms with E-state index >= 15 is 0 Å². The fraction of sp³-hybridized carbons (Fsp3) is 0.867. The number of carbonyl (C=O) groups is 1. The Morgan fingerprint density at radius 1 is 1.35 bits per heavy atom. The Labute approximate surface area is 123 Å². The first-order valence-corrected chi connectivity index (χ1v) is 7.62. The minimum Gasteiger partial charge on any atom is -0.357 e. The number of carbonyl (C=O) groups excluding carboxylic acids is 1. The largest absolute Gasteiger partial charge is 0.357 e. The molecule has 1 saturated carbocycles. The van der Waals surface area contributed by atoms with Crippen molar-refractivity contribution in [3.8, 4) is 0 Å². The summed E-state index contributed by atoms with van der Waals surface area (Å²) in [5.41, 5.74) is -0.195. The molecular weight excluding hydrogens is 252 g/mol. The highest BCUT2D eigenvalue weighted by Gasteiger charge is 2.20. The third-order valence-electron chi connectivity index (χ3n) is 3.09. The molecule has 0 aromatic rings. The summed E-state index contributed by atoms with van der Waals surface area (Å²) >= 11 is 0. The molecule has 0 aliphatic heterocycles. The van der Waals surface area contributed by atoms with E-state index in [9.17, 15) is 4.79 Å². The van der Waals surface area contributed by atoms with E-state index in [1.54, 1.807) is 0 Å². The summed E-state index contributed by atoms with van der Waals surface area (Å²) in [6, 6.07) is 0. The van der Waals surface area contributed by atoms with E-state index in [0.29, 0.717) is 6.54 Å². The highest BCUT2D eigenvalue weighted by molar-refractivity contribution is 5.86. The van der Waals surface area contributed by atoms with Gasteiger partial charge in [-0.25, -0.2) is 0 Å². The van der Waals surface area contributed by atoms with E-state index in [1.807, 2.05) is 39.6 Å². The Bertz CT molecular complexity index is 342. The molecule has 0 bridgehead atoms. The molecule has 5 nitrogen and oxygen atoms in total. The molecule has 116 valence electrons. The first kappa shape index (κ1) is 16.8. The standard InChI is InChI=1S/C15H30N4O/c1-6-16-14(17-10-9-12-7-8-12)19(5)11-13(20)18-15(2,3)4/h12H,6-11H2,1-5H3,(H,16,17)(H,18,20). The summed E-state index contributed by atoms with van der Waals surface area (Å²) in [6.45, 7) is 9.98. The maximum atomic E-state index is 11.9. The molecule has 1 aliphatic rings. The molecule has 0 unspecified atom stereocenters. The zero-order chi connectivity index (χ0) is 15.2. The molecule has 20 heavy (non-hydrogen) atoms. The van der Waals surface area contributed by atoms with Crippen molar-refractivity contribution >= 4 is 11.9 Å². The Morgan fingerprint density at radius 2 is 2.00 bits per heavy atom. The van der Waals surface area contributed by atoms with Gasteiger partial charge in [0.1, 0.15) is 0 Å². The Kier molecular flexibility index (Phi) is 6.30. The van der Waals surface area contributed by atoms with Gasteiger partial charge in [0.05, 0.1) is 6.54 Å². The second-order valence-corrected chi connectivity index (χ2v) is 6.62. The summed E-state index contributed by atoms with van der Waals surface area (Å²) < 4.78 is 0. The number of guanidine groups is 1. The first-order chi connectivity index (χ1) is 9.31. The second-order valence-electron chi connectivity index (χ2n) is 6.62. The first-order valence-electron chi connectivity index (χ1n) is 7.62. The molecule has 1 amide bonds. The van der Waals surface area contributed by atoms with Crippen molar-refractivity contribution in [1.82, 2.24) is 15.5 Å². The van der Waals surface area contributed by atoms with Crippen molar-refractivity contribution in [2.45, 2.75) is 52.5 Å². The zero-order valence-electron chi connectivity index (χ0n) is 13.6. The van der Waals surface area contributed by atoms with Crippen LogP contribution < -0.4 is 10.6 Å². The van der Waals surface area contributed by atoms with Crippen LogP contribution in [-0.4, -0.2) is 49.0 Å². The molecule has 0 spiro atoms. The van der Waals surface area contributed by atoms with Crippen LogP contribution in [0.1, 0.15) is 47.0 Å². The van der Waals surface area contributed by atoms with E-state index in [-0.39, 0.29) is 11.4 Å². The lowest BCUT2D eigenvalue weighted by atomic mass is 10.1. The Hall–Kier alpha value is -1.26. The van der Waals surface area contributed by atoms with Crippen LogP contribution in [0.15, 0.2) is 4.99 Å². The SMILES string of the molecule is CCNC(=NCCC1CC1)N(C)CC(=O)NC(C)(C)C. The van der Waals surface area contributed by atoms with Crippen molar-refractivity contribution in [3.63, 3.8) is 0 Å². The van der Waals surface area contributed by atoms with Gasteiger partial charge in [-0.15, -0.1) is 0 Å². The number of hydrogen-bond acceptors (Lipinski definition) is 2. The molecule has 0 saturated heterocycles. The Balaban J connectivity index is 2.44. The quantitative estimate of drug-likeness (QED) is 0.575. The summed E-state index contributed by atoms with van der Waals surface area (Å²) in [7, 11) is 1.90. The van der Waals surface area contributed by atoms with Gasteiger partial charge in [-0.2, -0.15) is 0 Å². The van der Waals surface area contributed by atoms with Crippen LogP contribution in [0.4, 0.5) is 0 Å². The lowest BCUT2D eigenvalue weighted by Gasteiger charge is -2.25. The normalized spacial score (nSPS) is 15.9. The fourth-order valence-electron chi connectivity index (χ4n) is 1.98. The topological polar surface area (TPSA) is 56.7 Å². The summed E-state index contributed by atoms with van der Waals surface area (Å²) in [5, 5.41) is 6.21. The Morgan fingerprint density at radius 3 is 2.50 bits per heavy atom. The van der Waals surface area contributed by atoms with E-state index < -0.39 is 0 Å². The van der Waals surface area contributed by atoms with Gasteiger partial charge in [-0.3, -0.25) is 9.79 Å². The van der Waals surface area contributed by atoms with Crippen molar-refractivity contribution in [2.24, 2.45) is 10.9 Å². The van der Waals surface area contributed by atoms with Gasteiger partial charge in [0.2, 0.25) is 5.91 Å². The minimum atomic E-state index is -0.195. The van der Waals surface area contributed by atoms with Gasteiger partial charge < -0.3 is 15.5 Å². The van der Waals surface area contributed by atoms with Crippen LogP contribution in [0.25, 0.3) is 0 Å². The van der Waals surface area contributed by atoms with Crippen LogP contribution in [0.5, 0.6) is 0 Å².